The second kappa shape index (κ2) is 9.30. The molecule has 0 saturated heterocycles. The second-order valence-corrected chi connectivity index (χ2v) is 7.57. The zero-order chi connectivity index (χ0) is 19.9. The fourth-order valence-electron chi connectivity index (χ4n) is 3.09. The van der Waals surface area contributed by atoms with Gasteiger partial charge in [-0.15, -0.1) is 11.8 Å². The van der Waals surface area contributed by atoms with Crippen molar-refractivity contribution in [1.82, 2.24) is 19.7 Å². The zero-order valence-electron chi connectivity index (χ0n) is 15.9. The van der Waals surface area contributed by atoms with Crippen LogP contribution in [0.15, 0.2) is 91.4 Å². The van der Waals surface area contributed by atoms with E-state index in [0.29, 0.717) is 18.1 Å². The summed E-state index contributed by atoms with van der Waals surface area (Å²) >= 11 is 1.59. The van der Waals surface area contributed by atoms with Gasteiger partial charge in [0.25, 0.3) is 0 Å². The minimum absolute atomic E-state index is 0.0387. The molecule has 0 unspecified atom stereocenters. The molecule has 0 saturated carbocycles. The smallest absolute Gasteiger partial charge is 0.230 e. The largest absolute Gasteiger partial charge is 0.351 e. The van der Waals surface area contributed by atoms with Gasteiger partial charge >= 0.3 is 0 Å². The third-order valence-corrected chi connectivity index (χ3v) is 5.47. The Morgan fingerprint density at radius 1 is 0.931 bits per heavy atom. The Hall–Kier alpha value is -3.25. The molecule has 1 N–H and O–H groups in total. The Morgan fingerprint density at radius 3 is 2.34 bits per heavy atom. The van der Waals surface area contributed by atoms with Crippen molar-refractivity contribution in [1.29, 1.82) is 0 Å². The van der Waals surface area contributed by atoms with E-state index in [4.69, 9.17) is 0 Å². The van der Waals surface area contributed by atoms with Crippen LogP contribution in [0.25, 0.3) is 11.5 Å². The first-order valence-corrected chi connectivity index (χ1v) is 10.6. The summed E-state index contributed by atoms with van der Waals surface area (Å²) in [5, 5.41) is 7.57. The fraction of sp³-hybridized carbons (Fsp3) is 0.130. The number of hydrogen-bond donors (Lipinski definition) is 1. The van der Waals surface area contributed by atoms with Gasteiger partial charge < -0.3 is 9.88 Å². The summed E-state index contributed by atoms with van der Waals surface area (Å²) in [6, 6.07) is 24.0. The maximum Gasteiger partial charge on any atom is 0.230 e. The summed E-state index contributed by atoms with van der Waals surface area (Å²) in [7, 11) is 0. The molecule has 0 bridgehead atoms. The van der Waals surface area contributed by atoms with Crippen molar-refractivity contribution in [2.24, 2.45) is 0 Å². The van der Waals surface area contributed by atoms with Crippen molar-refractivity contribution in [3.8, 4) is 11.5 Å². The number of carbonyl (C=O) groups is 1. The summed E-state index contributed by atoms with van der Waals surface area (Å²) in [6.45, 7) is 0.556. The molecule has 29 heavy (non-hydrogen) atoms. The third-order valence-electron chi connectivity index (χ3n) is 4.49. The van der Waals surface area contributed by atoms with Crippen molar-refractivity contribution in [3.63, 3.8) is 0 Å². The highest BCUT2D eigenvalue weighted by molar-refractivity contribution is 7.99. The topological polar surface area (TPSA) is 51.9 Å². The first kappa shape index (κ1) is 19.1. The van der Waals surface area contributed by atoms with Crippen molar-refractivity contribution >= 4 is 17.7 Å². The molecule has 0 aliphatic carbocycles. The predicted octanol–water partition coefficient (Wildman–Crippen LogP) is 4.21. The molecule has 4 rings (SSSR count). The number of nitrogens with one attached hydrogen (secondary N) is 1. The van der Waals surface area contributed by atoms with Crippen LogP contribution < -0.4 is 5.32 Å². The molecule has 0 aliphatic heterocycles. The fourth-order valence-corrected chi connectivity index (χ4v) is 3.90. The van der Waals surface area contributed by atoms with E-state index in [-0.39, 0.29) is 5.91 Å². The van der Waals surface area contributed by atoms with E-state index >= 15 is 0 Å². The minimum Gasteiger partial charge on any atom is -0.351 e. The maximum absolute atomic E-state index is 12.2. The van der Waals surface area contributed by atoms with Crippen LogP contribution in [-0.2, 0) is 17.1 Å². The molecule has 4 aromatic rings. The lowest BCUT2D eigenvalue weighted by molar-refractivity contribution is -0.118. The Bertz CT molecular complexity index is 1040. The van der Waals surface area contributed by atoms with Crippen molar-refractivity contribution < 1.29 is 4.79 Å². The quantitative estimate of drug-likeness (QED) is 0.480. The number of thioether (sulfide) groups is 1. The SMILES string of the molecule is O=C(CSCc1cnn(-c2ccccc2)c1-n1cccc1)NCc1ccccc1. The molecule has 1 amide bonds. The molecule has 0 radical (unpaired) electrons. The van der Waals surface area contributed by atoms with Crippen LogP contribution in [0, 0.1) is 0 Å². The summed E-state index contributed by atoms with van der Waals surface area (Å²) in [5.41, 5.74) is 3.20. The Kier molecular flexibility index (Phi) is 6.12. The molecule has 2 aromatic heterocycles. The first-order chi connectivity index (χ1) is 14.3. The van der Waals surface area contributed by atoms with Gasteiger partial charge in [-0.1, -0.05) is 48.5 Å². The summed E-state index contributed by atoms with van der Waals surface area (Å²) in [5.74, 6) is 2.16. The van der Waals surface area contributed by atoms with E-state index in [2.05, 4.69) is 15.0 Å². The minimum atomic E-state index is 0.0387. The normalized spacial score (nSPS) is 10.8. The second-order valence-electron chi connectivity index (χ2n) is 6.59. The van der Waals surface area contributed by atoms with E-state index in [1.165, 1.54) is 0 Å². The van der Waals surface area contributed by atoms with Crippen LogP contribution in [-0.4, -0.2) is 26.0 Å². The molecular formula is C23H22N4OS. The van der Waals surface area contributed by atoms with Crippen LogP contribution >= 0.6 is 11.8 Å². The number of amides is 1. The van der Waals surface area contributed by atoms with Gasteiger partial charge in [-0.05, 0) is 29.8 Å². The molecular weight excluding hydrogens is 380 g/mol. The molecule has 0 fully saturated rings. The molecule has 0 atom stereocenters. The zero-order valence-corrected chi connectivity index (χ0v) is 16.8. The lowest BCUT2D eigenvalue weighted by Crippen LogP contribution is -2.24. The van der Waals surface area contributed by atoms with Gasteiger partial charge in [0.2, 0.25) is 5.91 Å². The Morgan fingerprint density at radius 2 is 1.62 bits per heavy atom. The molecule has 5 nitrogen and oxygen atoms in total. The predicted molar refractivity (Wildman–Crippen MR) is 117 cm³/mol. The van der Waals surface area contributed by atoms with Gasteiger partial charge in [0.15, 0.2) is 0 Å². The molecule has 146 valence electrons. The lowest BCUT2D eigenvalue weighted by Gasteiger charge is -2.11. The Labute approximate surface area is 174 Å². The van der Waals surface area contributed by atoms with Gasteiger partial charge in [0.1, 0.15) is 5.82 Å². The van der Waals surface area contributed by atoms with E-state index in [1.54, 1.807) is 11.8 Å². The van der Waals surface area contributed by atoms with Crippen LogP contribution in [0.1, 0.15) is 11.1 Å². The monoisotopic (exact) mass is 402 g/mol. The summed E-state index contributed by atoms with van der Waals surface area (Å²) < 4.78 is 4.00. The van der Waals surface area contributed by atoms with E-state index in [1.807, 2.05) is 96.1 Å². The van der Waals surface area contributed by atoms with Gasteiger partial charge in [0, 0.05) is 30.3 Å². The van der Waals surface area contributed by atoms with Crippen molar-refractivity contribution in [2.45, 2.75) is 12.3 Å². The lowest BCUT2D eigenvalue weighted by atomic mass is 10.2. The average molecular weight is 403 g/mol. The summed E-state index contributed by atoms with van der Waals surface area (Å²) in [4.78, 5) is 12.2. The number of rotatable bonds is 8. The first-order valence-electron chi connectivity index (χ1n) is 9.45. The van der Waals surface area contributed by atoms with Crippen LogP contribution in [0.3, 0.4) is 0 Å². The molecule has 2 heterocycles. The standard InChI is InChI=1S/C23H22N4OS/c28-22(24-15-19-9-3-1-4-10-19)18-29-17-20-16-25-27(21-11-5-2-6-12-21)23(20)26-13-7-8-14-26/h1-14,16H,15,17-18H2,(H,24,28). The summed E-state index contributed by atoms with van der Waals surface area (Å²) in [6.07, 6.45) is 5.91. The van der Waals surface area contributed by atoms with Gasteiger partial charge in [-0.3, -0.25) is 4.79 Å². The van der Waals surface area contributed by atoms with Crippen LogP contribution in [0.5, 0.6) is 0 Å². The van der Waals surface area contributed by atoms with Gasteiger partial charge in [-0.25, -0.2) is 4.68 Å². The van der Waals surface area contributed by atoms with Gasteiger partial charge in [-0.2, -0.15) is 5.10 Å². The number of para-hydroxylation sites is 1. The van der Waals surface area contributed by atoms with Crippen LogP contribution in [0.4, 0.5) is 0 Å². The highest BCUT2D eigenvalue weighted by Crippen LogP contribution is 2.23. The van der Waals surface area contributed by atoms with E-state index < -0.39 is 0 Å². The maximum atomic E-state index is 12.2. The number of nitrogens with zero attached hydrogens (tertiary/aromatic N) is 3. The number of hydrogen-bond acceptors (Lipinski definition) is 3. The molecule has 0 spiro atoms. The Balaban J connectivity index is 1.41. The van der Waals surface area contributed by atoms with Gasteiger partial charge in [0.05, 0.1) is 17.6 Å². The molecule has 2 aromatic carbocycles. The van der Waals surface area contributed by atoms with Crippen LogP contribution in [0.2, 0.25) is 0 Å². The van der Waals surface area contributed by atoms with Crippen molar-refractivity contribution in [2.75, 3.05) is 5.75 Å². The molecule has 6 heteroatoms. The third kappa shape index (κ3) is 4.78. The highest BCUT2D eigenvalue weighted by atomic mass is 32.2. The van der Waals surface area contributed by atoms with Crippen molar-refractivity contribution in [3.05, 3.63) is 103 Å². The number of aromatic nitrogens is 3. The van der Waals surface area contributed by atoms with E-state index in [9.17, 15) is 4.79 Å². The average Bonchev–Trinajstić information content (AvgIpc) is 3.43. The number of benzene rings is 2. The number of carbonyl (C=O) groups excluding carboxylic acids is 1. The molecule has 0 aliphatic rings. The van der Waals surface area contributed by atoms with E-state index in [0.717, 1.165) is 22.6 Å². The highest BCUT2D eigenvalue weighted by Gasteiger charge is 2.14.